The molecule has 4 N–H and O–H groups in total. The molecule has 1 aromatic rings. The molecule has 1 amide bonds. The van der Waals surface area contributed by atoms with Crippen LogP contribution < -0.4 is 15.8 Å². The number of rotatable bonds is 3. The highest BCUT2D eigenvalue weighted by Gasteiger charge is 2.24. The molecule has 0 aromatic heterocycles. The van der Waals surface area contributed by atoms with Crippen molar-refractivity contribution in [2.45, 2.75) is 30.7 Å². The Morgan fingerprint density at radius 3 is 2.85 bits per heavy atom. The monoisotopic (exact) mass is 297 g/mol. The maximum absolute atomic E-state index is 12.1. The van der Waals surface area contributed by atoms with E-state index >= 15 is 0 Å². The average molecular weight is 297 g/mol. The van der Waals surface area contributed by atoms with Crippen molar-refractivity contribution in [1.82, 2.24) is 5.32 Å². The van der Waals surface area contributed by atoms with E-state index in [0.29, 0.717) is 11.6 Å². The fraction of sp³-hybridized carbons (Fsp3) is 0.462. The number of primary sulfonamides is 1. The number of carbonyl (C=O) groups is 1. The van der Waals surface area contributed by atoms with Crippen LogP contribution in [0, 0.1) is 5.92 Å². The lowest BCUT2D eigenvalue weighted by Gasteiger charge is -2.27. The first-order valence-corrected chi connectivity index (χ1v) is 8.08. The number of nitrogens with one attached hydrogen (secondary N) is 2. The molecule has 1 aliphatic rings. The fourth-order valence-corrected chi connectivity index (χ4v) is 2.85. The van der Waals surface area contributed by atoms with E-state index in [2.05, 4.69) is 17.6 Å². The lowest BCUT2D eigenvalue weighted by atomic mass is 9.94. The van der Waals surface area contributed by atoms with E-state index in [-0.39, 0.29) is 16.8 Å². The topological polar surface area (TPSA) is 101 Å². The third-order valence-electron chi connectivity index (χ3n) is 3.41. The van der Waals surface area contributed by atoms with Gasteiger partial charge in [0.15, 0.2) is 0 Å². The Hall–Kier alpha value is -1.44. The Morgan fingerprint density at radius 2 is 2.20 bits per heavy atom. The molecule has 0 saturated carbocycles. The van der Waals surface area contributed by atoms with Gasteiger partial charge in [-0.15, -0.1) is 0 Å². The standard InChI is InChI=1S/C13H19N3O3S/c1-9-5-6-15-12(7-9)13(17)16-10-3-2-4-11(8-10)20(14,18)19/h2-4,8-9,12,15H,5-7H2,1H3,(H,16,17)(H2,14,18,19). The van der Waals surface area contributed by atoms with Crippen molar-refractivity contribution in [3.63, 3.8) is 0 Å². The maximum Gasteiger partial charge on any atom is 0.241 e. The Bertz CT molecular complexity index is 601. The number of anilines is 1. The molecular formula is C13H19N3O3S. The molecule has 20 heavy (non-hydrogen) atoms. The number of piperidine rings is 1. The molecule has 0 spiro atoms. The molecule has 1 aliphatic heterocycles. The van der Waals surface area contributed by atoms with Crippen LogP contribution in [0.3, 0.4) is 0 Å². The molecule has 2 unspecified atom stereocenters. The molecule has 6 nitrogen and oxygen atoms in total. The van der Waals surface area contributed by atoms with Gasteiger partial charge in [-0.1, -0.05) is 13.0 Å². The molecule has 2 rings (SSSR count). The number of hydrogen-bond donors (Lipinski definition) is 3. The Labute approximate surface area is 118 Å². The van der Waals surface area contributed by atoms with E-state index in [1.54, 1.807) is 12.1 Å². The summed E-state index contributed by atoms with van der Waals surface area (Å²) in [7, 11) is -3.76. The van der Waals surface area contributed by atoms with E-state index in [1.807, 2.05) is 0 Å². The normalized spacial score (nSPS) is 23.3. The summed E-state index contributed by atoms with van der Waals surface area (Å²) in [6.07, 6.45) is 1.84. The Morgan fingerprint density at radius 1 is 1.45 bits per heavy atom. The van der Waals surface area contributed by atoms with Crippen LogP contribution in [0.25, 0.3) is 0 Å². The first-order chi connectivity index (χ1) is 9.36. The van der Waals surface area contributed by atoms with E-state index in [1.165, 1.54) is 12.1 Å². The zero-order valence-electron chi connectivity index (χ0n) is 11.3. The number of hydrogen-bond acceptors (Lipinski definition) is 4. The van der Waals surface area contributed by atoms with Crippen LogP contribution in [0.4, 0.5) is 5.69 Å². The summed E-state index contributed by atoms with van der Waals surface area (Å²) >= 11 is 0. The summed E-state index contributed by atoms with van der Waals surface area (Å²) in [6, 6.07) is 5.70. The second kappa shape index (κ2) is 5.90. The third-order valence-corrected chi connectivity index (χ3v) is 4.32. The smallest absolute Gasteiger partial charge is 0.241 e. The zero-order valence-corrected chi connectivity index (χ0v) is 12.1. The van der Waals surface area contributed by atoms with Crippen LogP contribution in [0.15, 0.2) is 29.2 Å². The number of nitrogens with two attached hydrogens (primary N) is 1. The van der Waals surface area contributed by atoms with E-state index in [9.17, 15) is 13.2 Å². The van der Waals surface area contributed by atoms with Crippen molar-refractivity contribution < 1.29 is 13.2 Å². The minimum Gasteiger partial charge on any atom is -0.325 e. The second-order valence-electron chi connectivity index (χ2n) is 5.20. The minimum absolute atomic E-state index is 0.0136. The van der Waals surface area contributed by atoms with Crippen molar-refractivity contribution >= 4 is 21.6 Å². The van der Waals surface area contributed by atoms with E-state index in [0.717, 1.165) is 19.4 Å². The first kappa shape index (κ1) is 15.0. The predicted molar refractivity (Wildman–Crippen MR) is 76.6 cm³/mol. The average Bonchev–Trinajstić information content (AvgIpc) is 2.38. The predicted octanol–water partition coefficient (Wildman–Crippen LogP) is 0.661. The first-order valence-electron chi connectivity index (χ1n) is 6.53. The van der Waals surface area contributed by atoms with Gasteiger partial charge in [0.05, 0.1) is 10.9 Å². The van der Waals surface area contributed by atoms with Gasteiger partial charge in [0.25, 0.3) is 0 Å². The van der Waals surface area contributed by atoms with Gasteiger partial charge >= 0.3 is 0 Å². The second-order valence-corrected chi connectivity index (χ2v) is 6.76. The van der Waals surface area contributed by atoms with Crippen molar-refractivity contribution in [3.8, 4) is 0 Å². The van der Waals surface area contributed by atoms with Gasteiger partial charge in [0, 0.05) is 5.69 Å². The summed E-state index contributed by atoms with van der Waals surface area (Å²) in [4.78, 5) is 12.1. The number of sulfonamides is 1. The molecule has 0 radical (unpaired) electrons. The van der Waals surface area contributed by atoms with Gasteiger partial charge in [0.1, 0.15) is 0 Å². The molecule has 1 aromatic carbocycles. The summed E-state index contributed by atoms with van der Waals surface area (Å²) in [5, 5.41) is 10.9. The van der Waals surface area contributed by atoms with Gasteiger partial charge in [0.2, 0.25) is 15.9 Å². The van der Waals surface area contributed by atoms with Crippen LogP contribution >= 0.6 is 0 Å². The fourth-order valence-electron chi connectivity index (χ4n) is 2.29. The summed E-state index contributed by atoms with van der Waals surface area (Å²) < 4.78 is 22.5. The van der Waals surface area contributed by atoms with Gasteiger partial charge < -0.3 is 10.6 Å². The van der Waals surface area contributed by atoms with Crippen molar-refractivity contribution in [2.75, 3.05) is 11.9 Å². The van der Waals surface area contributed by atoms with E-state index < -0.39 is 10.0 Å². The van der Waals surface area contributed by atoms with Gasteiger partial charge in [-0.3, -0.25) is 4.79 Å². The van der Waals surface area contributed by atoms with Crippen LogP contribution in [0.1, 0.15) is 19.8 Å². The van der Waals surface area contributed by atoms with Gasteiger partial charge in [-0.2, -0.15) is 0 Å². The highest BCUT2D eigenvalue weighted by Crippen LogP contribution is 2.18. The van der Waals surface area contributed by atoms with Crippen molar-refractivity contribution in [1.29, 1.82) is 0 Å². The molecule has 1 saturated heterocycles. The summed E-state index contributed by atoms with van der Waals surface area (Å²) in [6.45, 7) is 2.93. The maximum atomic E-state index is 12.1. The number of carbonyl (C=O) groups excluding carboxylic acids is 1. The van der Waals surface area contributed by atoms with Crippen LogP contribution in [-0.2, 0) is 14.8 Å². The lowest BCUT2D eigenvalue weighted by molar-refractivity contribution is -0.119. The molecule has 110 valence electrons. The third kappa shape index (κ3) is 3.78. The highest BCUT2D eigenvalue weighted by atomic mass is 32.2. The van der Waals surface area contributed by atoms with Gasteiger partial charge in [-0.05, 0) is 43.5 Å². The van der Waals surface area contributed by atoms with Crippen LogP contribution in [-0.4, -0.2) is 26.9 Å². The molecule has 0 bridgehead atoms. The number of benzene rings is 1. The van der Waals surface area contributed by atoms with Crippen LogP contribution in [0.2, 0.25) is 0 Å². The Balaban J connectivity index is 2.08. The lowest BCUT2D eigenvalue weighted by Crippen LogP contribution is -2.45. The number of amides is 1. The summed E-state index contributed by atoms with van der Waals surface area (Å²) in [5.74, 6) is 0.353. The molecule has 7 heteroatoms. The quantitative estimate of drug-likeness (QED) is 0.763. The van der Waals surface area contributed by atoms with Crippen molar-refractivity contribution in [3.05, 3.63) is 24.3 Å². The molecule has 1 heterocycles. The zero-order chi connectivity index (χ0) is 14.8. The van der Waals surface area contributed by atoms with E-state index in [4.69, 9.17) is 5.14 Å². The summed E-state index contributed by atoms with van der Waals surface area (Å²) in [5.41, 5.74) is 0.432. The largest absolute Gasteiger partial charge is 0.325 e. The minimum atomic E-state index is -3.76. The highest BCUT2D eigenvalue weighted by molar-refractivity contribution is 7.89. The van der Waals surface area contributed by atoms with Gasteiger partial charge in [-0.25, -0.2) is 13.6 Å². The molecular weight excluding hydrogens is 278 g/mol. The Kier molecular flexibility index (Phi) is 4.42. The van der Waals surface area contributed by atoms with Crippen LogP contribution in [0.5, 0.6) is 0 Å². The molecule has 0 aliphatic carbocycles. The molecule has 2 atom stereocenters. The molecule has 1 fully saturated rings. The SMILES string of the molecule is CC1CCNC(C(=O)Nc2cccc(S(N)(=O)=O)c2)C1. The van der Waals surface area contributed by atoms with Crippen molar-refractivity contribution in [2.24, 2.45) is 11.1 Å².